The van der Waals surface area contributed by atoms with E-state index in [0.717, 1.165) is 35.1 Å². The number of pyridine rings is 1. The molecule has 0 radical (unpaired) electrons. The normalized spacial score (nSPS) is 14.2. The molecule has 3 aromatic rings. The monoisotopic (exact) mass is 348 g/mol. The van der Waals surface area contributed by atoms with E-state index in [4.69, 9.17) is 4.98 Å². The molecule has 2 heterocycles. The minimum atomic E-state index is 0.0199. The lowest BCUT2D eigenvalue weighted by molar-refractivity contribution is 0.0787. The zero-order chi connectivity index (χ0) is 18.3. The standard InChI is InChI=1S/C21H24N4O/c1-14(2)25-20-18(12-22-25)17(11-19(23-20)16-9-10-16)21(26)24(3)13-15-7-5-4-6-8-15/h4-8,11-12,14,16H,9-10,13H2,1-3H3. The molecule has 5 heteroatoms. The van der Waals surface area contributed by atoms with Crippen LogP contribution >= 0.6 is 0 Å². The van der Waals surface area contributed by atoms with E-state index >= 15 is 0 Å². The Kier molecular flexibility index (Phi) is 4.23. The summed E-state index contributed by atoms with van der Waals surface area (Å²) < 4.78 is 1.91. The predicted octanol–water partition coefficient (Wildman–Crippen LogP) is 4.16. The maximum Gasteiger partial charge on any atom is 0.254 e. The Balaban J connectivity index is 1.73. The van der Waals surface area contributed by atoms with Crippen molar-refractivity contribution in [2.75, 3.05) is 7.05 Å². The van der Waals surface area contributed by atoms with E-state index in [1.54, 1.807) is 11.1 Å². The number of hydrogen-bond donors (Lipinski definition) is 0. The van der Waals surface area contributed by atoms with Crippen LogP contribution in [0.15, 0.2) is 42.6 Å². The van der Waals surface area contributed by atoms with Gasteiger partial charge in [0.25, 0.3) is 5.91 Å². The van der Waals surface area contributed by atoms with Crippen molar-refractivity contribution in [3.8, 4) is 0 Å². The van der Waals surface area contributed by atoms with Crippen LogP contribution < -0.4 is 0 Å². The molecule has 26 heavy (non-hydrogen) atoms. The number of aromatic nitrogens is 3. The van der Waals surface area contributed by atoms with Crippen LogP contribution in [0, 0.1) is 0 Å². The van der Waals surface area contributed by atoms with Crippen molar-refractivity contribution in [2.24, 2.45) is 0 Å². The maximum absolute atomic E-state index is 13.2. The van der Waals surface area contributed by atoms with Gasteiger partial charge in [0.05, 0.1) is 17.1 Å². The number of benzene rings is 1. The summed E-state index contributed by atoms with van der Waals surface area (Å²) in [6, 6.07) is 12.2. The fourth-order valence-corrected chi connectivity index (χ4v) is 3.32. The van der Waals surface area contributed by atoms with Crippen molar-refractivity contribution >= 4 is 16.9 Å². The van der Waals surface area contributed by atoms with Crippen molar-refractivity contribution < 1.29 is 4.79 Å². The Hall–Kier alpha value is -2.69. The molecule has 0 N–H and O–H groups in total. The number of carbonyl (C=O) groups is 1. The SMILES string of the molecule is CC(C)n1ncc2c(C(=O)N(C)Cc3ccccc3)cc(C3CC3)nc21. The molecule has 0 unspecified atom stereocenters. The lowest BCUT2D eigenvalue weighted by Gasteiger charge is -2.18. The second kappa shape index (κ2) is 6.56. The third-order valence-electron chi connectivity index (χ3n) is 4.91. The Morgan fingerprint density at radius 3 is 2.65 bits per heavy atom. The Bertz CT molecular complexity index is 941. The van der Waals surface area contributed by atoms with Gasteiger partial charge in [-0.25, -0.2) is 9.67 Å². The molecule has 1 aromatic carbocycles. The molecule has 4 rings (SSSR count). The van der Waals surface area contributed by atoms with Crippen molar-refractivity contribution in [3.05, 3.63) is 59.4 Å². The van der Waals surface area contributed by atoms with Gasteiger partial charge >= 0.3 is 0 Å². The summed E-state index contributed by atoms with van der Waals surface area (Å²) in [5.41, 5.74) is 3.67. The third kappa shape index (κ3) is 3.09. The summed E-state index contributed by atoms with van der Waals surface area (Å²) in [5, 5.41) is 5.33. The molecule has 0 atom stereocenters. The second-order valence-corrected chi connectivity index (χ2v) is 7.44. The van der Waals surface area contributed by atoms with Crippen molar-refractivity contribution in [3.63, 3.8) is 0 Å². The van der Waals surface area contributed by atoms with Gasteiger partial charge in [-0.3, -0.25) is 4.79 Å². The van der Waals surface area contributed by atoms with Crippen LogP contribution in [0.4, 0.5) is 0 Å². The summed E-state index contributed by atoms with van der Waals surface area (Å²) in [6.07, 6.45) is 4.09. The molecule has 0 spiro atoms. The molecule has 5 nitrogen and oxygen atoms in total. The zero-order valence-electron chi connectivity index (χ0n) is 15.5. The number of hydrogen-bond acceptors (Lipinski definition) is 3. The highest BCUT2D eigenvalue weighted by Crippen LogP contribution is 2.40. The smallest absolute Gasteiger partial charge is 0.254 e. The van der Waals surface area contributed by atoms with Gasteiger partial charge in [0.2, 0.25) is 0 Å². The van der Waals surface area contributed by atoms with Crippen LogP contribution in [0.2, 0.25) is 0 Å². The molecule has 1 aliphatic rings. The van der Waals surface area contributed by atoms with Gasteiger partial charge in [0, 0.05) is 31.2 Å². The van der Waals surface area contributed by atoms with Crippen molar-refractivity contribution in [1.82, 2.24) is 19.7 Å². The summed E-state index contributed by atoms with van der Waals surface area (Å²) in [7, 11) is 1.85. The number of rotatable bonds is 5. The Morgan fingerprint density at radius 2 is 2.00 bits per heavy atom. The van der Waals surface area contributed by atoms with Crippen LogP contribution in [0.3, 0.4) is 0 Å². The van der Waals surface area contributed by atoms with E-state index in [0.29, 0.717) is 18.0 Å². The molecular formula is C21H24N4O. The van der Waals surface area contributed by atoms with Gasteiger partial charge in [0.15, 0.2) is 5.65 Å². The highest BCUT2D eigenvalue weighted by Gasteiger charge is 2.28. The molecule has 0 bridgehead atoms. The third-order valence-corrected chi connectivity index (χ3v) is 4.91. The topological polar surface area (TPSA) is 51.0 Å². The van der Waals surface area contributed by atoms with Gasteiger partial charge < -0.3 is 4.90 Å². The first kappa shape index (κ1) is 16.8. The molecular weight excluding hydrogens is 324 g/mol. The molecule has 0 saturated heterocycles. The highest BCUT2D eigenvalue weighted by molar-refractivity contribution is 6.05. The predicted molar refractivity (Wildman–Crippen MR) is 102 cm³/mol. The van der Waals surface area contributed by atoms with E-state index in [2.05, 4.69) is 18.9 Å². The Morgan fingerprint density at radius 1 is 1.27 bits per heavy atom. The second-order valence-electron chi connectivity index (χ2n) is 7.44. The van der Waals surface area contributed by atoms with Crippen LogP contribution in [0.1, 0.15) is 60.3 Å². The van der Waals surface area contributed by atoms with E-state index in [1.807, 2.05) is 48.1 Å². The van der Waals surface area contributed by atoms with Gasteiger partial charge in [-0.1, -0.05) is 30.3 Å². The van der Waals surface area contributed by atoms with Crippen LogP contribution in [-0.2, 0) is 6.54 Å². The summed E-state index contributed by atoms with van der Waals surface area (Å²) in [6.45, 7) is 4.75. The molecule has 134 valence electrons. The first-order valence-electron chi connectivity index (χ1n) is 9.22. The fourth-order valence-electron chi connectivity index (χ4n) is 3.32. The van der Waals surface area contributed by atoms with Crippen LogP contribution in [0.5, 0.6) is 0 Å². The minimum absolute atomic E-state index is 0.0199. The van der Waals surface area contributed by atoms with Gasteiger partial charge in [-0.15, -0.1) is 0 Å². The first-order valence-corrected chi connectivity index (χ1v) is 9.22. The maximum atomic E-state index is 13.2. The molecule has 1 fully saturated rings. The van der Waals surface area contributed by atoms with E-state index < -0.39 is 0 Å². The van der Waals surface area contributed by atoms with Crippen molar-refractivity contribution in [2.45, 2.75) is 45.2 Å². The minimum Gasteiger partial charge on any atom is -0.337 e. The van der Waals surface area contributed by atoms with Gasteiger partial charge in [-0.2, -0.15) is 5.10 Å². The number of nitrogens with zero attached hydrogens (tertiary/aromatic N) is 4. The van der Waals surface area contributed by atoms with Crippen molar-refractivity contribution in [1.29, 1.82) is 0 Å². The molecule has 1 saturated carbocycles. The lowest BCUT2D eigenvalue weighted by Crippen LogP contribution is -2.26. The quantitative estimate of drug-likeness (QED) is 0.695. The largest absolute Gasteiger partial charge is 0.337 e. The molecule has 1 amide bonds. The molecule has 0 aliphatic heterocycles. The van der Waals surface area contributed by atoms with Crippen LogP contribution in [-0.4, -0.2) is 32.6 Å². The van der Waals surface area contributed by atoms with Gasteiger partial charge in [-0.05, 0) is 38.3 Å². The average Bonchev–Trinajstić information content (AvgIpc) is 3.40. The summed E-state index contributed by atoms with van der Waals surface area (Å²) in [5.74, 6) is 0.507. The van der Waals surface area contributed by atoms with E-state index in [9.17, 15) is 4.79 Å². The molecule has 1 aliphatic carbocycles. The Labute approximate surface area is 153 Å². The summed E-state index contributed by atoms with van der Waals surface area (Å²) in [4.78, 5) is 19.8. The highest BCUT2D eigenvalue weighted by atomic mass is 16.2. The molecule has 2 aromatic heterocycles. The van der Waals surface area contributed by atoms with E-state index in [-0.39, 0.29) is 11.9 Å². The van der Waals surface area contributed by atoms with Gasteiger partial charge in [0.1, 0.15) is 0 Å². The fraction of sp³-hybridized carbons (Fsp3) is 0.381. The zero-order valence-corrected chi connectivity index (χ0v) is 15.5. The number of carbonyl (C=O) groups excluding carboxylic acids is 1. The van der Waals surface area contributed by atoms with Crippen LogP contribution in [0.25, 0.3) is 11.0 Å². The first-order chi connectivity index (χ1) is 12.5. The number of fused-ring (bicyclic) bond motifs is 1. The number of amides is 1. The average molecular weight is 348 g/mol. The van der Waals surface area contributed by atoms with E-state index in [1.165, 1.54) is 0 Å². The lowest BCUT2D eigenvalue weighted by atomic mass is 10.1. The summed E-state index contributed by atoms with van der Waals surface area (Å²) >= 11 is 0.